The Morgan fingerprint density at radius 3 is 2.74 bits per heavy atom. The van der Waals surface area contributed by atoms with Crippen molar-refractivity contribution in [3.05, 3.63) is 35.8 Å². The molecule has 2 atom stereocenters. The molecule has 0 bridgehead atoms. The average molecular weight is 315 g/mol. The summed E-state index contributed by atoms with van der Waals surface area (Å²) in [6, 6.07) is 6.90. The molecule has 4 rings (SSSR count). The smallest absolute Gasteiger partial charge is 0.124 e. The van der Waals surface area contributed by atoms with Crippen LogP contribution in [0.25, 0.3) is 10.9 Å². The number of rotatable bonds is 2. The van der Waals surface area contributed by atoms with Crippen LogP contribution in [0.4, 0.5) is 10.1 Å². The zero-order valence-corrected chi connectivity index (χ0v) is 13.4. The van der Waals surface area contributed by atoms with E-state index in [1.807, 2.05) is 13.0 Å². The van der Waals surface area contributed by atoms with Crippen molar-refractivity contribution < 1.29 is 9.50 Å². The van der Waals surface area contributed by atoms with Crippen molar-refractivity contribution in [2.24, 2.45) is 0 Å². The first-order chi connectivity index (χ1) is 11.1. The van der Waals surface area contributed by atoms with Crippen LogP contribution in [0.1, 0.15) is 18.5 Å². The number of anilines is 1. The van der Waals surface area contributed by atoms with Gasteiger partial charge in [0.2, 0.25) is 0 Å². The second kappa shape index (κ2) is 5.73. The van der Waals surface area contributed by atoms with E-state index in [0.29, 0.717) is 6.54 Å². The molecule has 2 fully saturated rings. The second-order valence-corrected chi connectivity index (χ2v) is 6.73. The molecule has 0 amide bonds. The molecule has 2 aliphatic heterocycles. The standard InChI is InChI=1S/C18H22FN3O/c1-12-8-16(14-9-13(19)4-5-15(14)20-12)22-10-17(18(23)11-22)21-6-2-3-7-21/h4-5,8-9,17-18,23H,2-3,6-7,10-11H2,1H3/t17-,18-/m0/s1. The molecular formula is C18H22FN3O. The number of benzene rings is 1. The topological polar surface area (TPSA) is 39.6 Å². The van der Waals surface area contributed by atoms with Gasteiger partial charge in [-0.15, -0.1) is 0 Å². The minimum atomic E-state index is -0.356. The van der Waals surface area contributed by atoms with Gasteiger partial charge in [0.05, 0.1) is 17.7 Å². The number of hydrogen-bond donors (Lipinski definition) is 1. The molecule has 1 N–H and O–H groups in total. The lowest BCUT2D eigenvalue weighted by Gasteiger charge is -2.26. The highest BCUT2D eigenvalue weighted by Crippen LogP contribution is 2.32. The Kier molecular flexibility index (Phi) is 3.70. The average Bonchev–Trinajstić information content (AvgIpc) is 3.16. The number of β-amino-alcohol motifs (C(OH)–C–C–N with tert-alkyl or cyclic N) is 1. The Labute approximate surface area is 135 Å². The van der Waals surface area contributed by atoms with Crippen molar-refractivity contribution in [2.75, 3.05) is 31.1 Å². The van der Waals surface area contributed by atoms with Gasteiger partial charge in [-0.1, -0.05) is 0 Å². The number of pyridine rings is 1. The molecule has 3 heterocycles. The van der Waals surface area contributed by atoms with Gasteiger partial charge in [0.1, 0.15) is 5.82 Å². The maximum Gasteiger partial charge on any atom is 0.124 e. The fourth-order valence-corrected chi connectivity index (χ4v) is 3.97. The molecule has 0 saturated carbocycles. The van der Waals surface area contributed by atoms with Crippen LogP contribution in [0.3, 0.4) is 0 Å². The molecule has 0 unspecified atom stereocenters. The van der Waals surface area contributed by atoms with Gasteiger partial charge in [0, 0.05) is 29.9 Å². The van der Waals surface area contributed by atoms with Crippen LogP contribution >= 0.6 is 0 Å². The Morgan fingerprint density at radius 1 is 1.17 bits per heavy atom. The third-order valence-corrected chi connectivity index (χ3v) is 5.09. The summed E-state index contributed by atoms with van der Waals surface area (Å²) in [7, 11) is 0. The van der Waals surface area contributed by atoms with Crippen molar-refractivity contribution in [2.45, 2.75) is 31.9 Å². The summed E-state index contributed by atoms with van der Waals surface area (Å²) in [5, 5.41) is 11.3. The fourth-order valence-electron chi connectivity index (χ4n) is 3.97. The van der Waals surface area contributed by atoms with Gasteiger partial charge in [-0.25, -0.2) is 4.39 Å². The monoisotopic (exact) mass is 315 g/mol. The van der Waals surface area contributed by atoms with E-state index in [-0.39, 0.29) is 18.0 Å². The molecular weight excluding hydrogens is 293 g/mol. The minimum Gasteiger partial charge on any atom is -0.390 e. The zero-order valence-electron chi connectivity index (χ0n) is 13.4. The summed E-state index contributed by atoms with van der Waals surface area (Å²) in [5.41, 5.74) is 2.70. The number of fused-ring (bicyclic) bond motifs is 1. The number of aryl methyl sites for hydroxylation is 1. The highest BCUT2D eigenvalue weighted by molar-refractivity contribution is 5.92. The van der Waals surface area contributed by atoms with E-state index < -0.39 is 0 Å². The van der Waals surface area contributed by atoms with Crippen LogP contribution in [-0.2, 0) is 0 Å². The molecule has 0 aliphatic carbocycles. The summed E-state index contributed by atoms with van der Waals surface area (Å²) < 4.78 is 13.7. The summed E-state index contributed by atoms with van der Waals surface area (Å²) in [5.74, 6) is -0.250. The predicted molar refractivity (Wildman–Crippen MR) is 89.3 cm³/mol. The van der Waals surface area contributed by atoms with Crippen molar-refractivity contribution in [1.82, 2.24) is 9.88 Å². The number of hydrogen-bond acceptors (Lipinski definition) is 4. The molecule has 122 valence electrons. The normalized spacial score (nSPS) is 25.6. The number of likely N-dealkylation sites (tertiary alicyclic amines) is 1. The zero-order chi connectivity index (χ0) is 16.0. The van der Waals surface area contributed by atoms with Crippen LogP contribution in [0.5, 0.6) is 0 Å². The molecule has 2 saturated heterocycles. The number of aliphatic hydroxyl groups excluding tert-OH is 1. The van der Waals surface area contributed by atoms with E-state index in [1.54, 1.807) is 12.1 Å². The molecule has 4 nitrogen and oxygen atoms in total. The molecule has 0 spiro atoms. The lowest BCUT2D eigenvalue weighted by molar-refractivity contribution is 0.0986. The summed E-state index contributed by atoms with van der Waals surface area (Å²) in [6.07, 6.45) is 2.07. The molecule has 23 heavy (non-hydrogen) atoms. The maximum atomic E-state index is 13.7. The lowest BCUT2D eigenvalue weighted by Crippen LogP contribution is -2.41. The molecule has 2 aromatic rings. The number of halogens is 1. The highest BCUT2D eigenvalue weighted by Gasteiger charge is 2.37. The Balaban J connectivity index is 1.70. The number of nitrogens with zero attached hydrogens (tertiary/aromatic N) is 3. The van der Waals surface area contributed by atoms with E-state index in [4.69, 9.17) is 0 Å². The summed E-state index contributed by atoms with van der Waals surface area (Å²) in [6.45, 7) is 5.48. The largest absolute Gasteiger partial charge is 0.390 e. The van der Waals surface area contributed by atoms with E-state index in [0.717, 1.165) is 41.9 Å². The van der Waals surface area contributed by atoms with E-state index in [1.165, 1.54) is 18.9 Å². The van der Waals surface area contributed by atoms with Crippen LogP contribution in [0, 0.1) is 12.7 Å². The van der Waals surface area contributed by atoms with Crippen molar-refractivity contribution in [1.29, 1.82) is 0 Å². The van der Waals surface area contributed by atoms with Crippen LogP contribution in [0.15, 0.2) is 24.3 Å². The van der Waals surface area contributed by atoms with Gasteiger partial charge < -0.3 is 10.0 Å². The van der Waals surface area contributed by atoms with Gasteiger partial charge in [-0.2, -0.15) is 0 Å². The van der Waals surface area contributed by atoms with E-state index in [9.17, 15) is 9.50 Å². The first-order valence-corrected chi connectivity index (χ1v) is 8.36. The first-order valence-electron chi connectivity index (χ1n) is 8.36. The van der Waals surface area contributed by atoms with Crippen LogP contribution in [0.2, 0.25) is 0 Å². The number of aliphatic hydroxyl groups is 1. The van der Waals surface area contributed by atoms with Crippen molar-refractivity contribution in [3.8, 4) is 0 Å². The molecule has 2 aliphatic rings. The van der Waals surface area contributed by atoms with Crippen LogP contribution < -0.4 is 4.90 Å². The molecule has 5 heteroatoms. The second-order valence-electron chi connectivity index (χ2n) is 6.73. The fraction of sp³-hybridized carbons (Fsp3) is 0.500. The summed E-state index contributed by atoms with van der Waals surface area (Å²) >= 11 is 0. The van der Waals surface area contributed by atoms with Gasteiger partial charge >= 0.3 is 0 Å². The van der Waals surface area contributed by atoms with Gasteiger partial charge in [-0.3, -0.25) is 9.88 Å². The Hall–Kier alpha value is -1.72. The maximum absolute atomic E-state index is 13.7. The molecule has 0 radical (unpaired) electrons. The third kappa shape index (κ3) is 2.68. The van der Waals surface area contributed by atoms with Gasteiger partial charge in [0.25, 0.3) is 0 Å². The van der Waals surface area contributed by atoms with Gasteiger partial charge in [-0.05, 0) is 57.1 Å². The van der Waals surface area contributed by atoms with Crippen molar-refractivity contribution >= 4 is 16.6 Å². The quantitative estimate of drug-likeness (QED) is 0.923. The predicted octanol–water partition coefficient (Wildman–Crippen LogP) is 2.33. The third-order valence-electron chi connectivity index (χ3n) is 5.09. The van der Waals surface area contributed by atoms with Gasteiger partial charge in [0.15, 0.2) is 0 Å². The Bertz CT molecular complexity index is 730. The molecule has 1 aromatic heterocycles. The van der Waals surface area contributed by atoms with E-state index >= 15 is 0 Å². The highest BCUT2D eigenvalue weighted by atomic mass is 19.1. The summed E-state index contributed by atoms with van der Waals surface area (Å²) in [4.78, 5) is 9.07. The lowest BCUT2D eigenvalue weighted by atomic mass is 10.1. The molecule has 1 aromatic carbocycles. The number of aromatic nitrogens is 1. The first kappa shape index (κ1) is 14.8. The van der Waals surface area contributed by atoms with Crippen molar-refractivity contribution in [3.63, 3.8) is 0 Å². The SMILES string of the molecule is Cc1cc(N2C[C@H](O)[C@@H](N3CCCC3)C2)c2cc(F)ccc2n1. The Morgan fingerprint density at radius 2 is 1.96 bits per heavy atom. The van der Waals surface area contributed by atoms with Crippen LogP contribution in [-0.4, -0.2) is 53.3 Å². The minimum absolute atomic E-state index is 0.176. The van der Waals surface area contributed by atoms with E-state index in [2.05, 4.69) is 14.8 Å².